The van der Waals surface area contributed by atoms with E-state index < -0.39 is 18.3 Å². The lowest BCUT2D eigenvalue weighted by molar-refractivity contribution is -0.111. The van der Waals surface area contributed by atoms with E-state index in [0.717, 1.165) is 12.8 Å². The minimum Gasteiger partial charge on any atom is -0.389 e. The van der Waals surface area contributed by atoms with Crippen LogP contribution in [0.1, 0.15) is 65.2 Å². The van der Waals surface area contributed by atoms with Gasteiger partial charge in [-0.3, -0.25) is 0 Å². The Balaban J connectivity index is 2.15. The van der Waals surface area contributed by atoms with Crippen LogP contribution in [0.4, 0.5) is 0 Å². The first kappa shape index (κ1) is 16.9. The van der Waals surface area contributed by atoms with E-state index in [1.165, 1.54) is 38.5 Å². The zero-order valence-electron chi connectivity index (χ0n) is 12.4. The summed E-state index contributed by atoms with van der Waals surface area (Å²) in [6.07, 6.45) is 6.83. The third kappa shape index (κ3) is 5.38. The van der Waals surface area contributed by atoms with Crippen LogP contribution in [0.5, 0.6) is 0 Å². The Morgan fingerprint density at radius 3 is 2.00 bits per heavy atom. The minimum absolute atomic E-state index is 0.0935. The van der Waals surface area contributed by atoms with Crippen molar-refractivity contribution in [2.45, 2.75) is 95.6 Å². The van der Waals surface area contributed by atoms with Gasteiger partial charge in [-0.2, -0.15) is 0 Å². The molecule has 19 heavy (non-hydrogen) atoms. The molecule has 1 heterocycles. The monoisotopic (exact) mass is 273 g/mol. The van der Waals surface area contributed by atoms with Crippen LogP contribution in [0.2, 0.25) is 0 Å². The highest BCUT2D eigenvalue weighted by Gasteiger charge is 2.39. The van der Waals surface area contributed by atoms with Gasteiger partial charge in [-0.25, -0.2) is 0 Å². The van der Waals surface area contributed by atoms with Crippen LogP contribution in [0, 0.1) is 0 Å². The van der Waals surface area contributed by atoms with Crippen molar-refractivity contribution in [2.75, 3.05) is 0 Å². The summed E-state index contributed by atoms with van der Waals surface area (Å²) in [6, 6.07) is -0.253. The van der Waals surface area contributed by atoms with Crippen molar-refractivity contribution >= 4 is 0 Å². The minimum atomic E-state index is -1.02. The van der Waals surface area contributed by atoms with Crippen LogP contribution in [0.25, 0.3) is 0 Å². The molecule has 0 aromatic rings. The maximum atomic E-state index is 9.93. The van der Waals surface area contributed by atoms with E-state index in [4.69, 9.17) is 0 Å². The molecule has 0 spiro atoms. The molecule has 1 aliphatic rings. The van der Waals surface area contributed by atoms with Crippen molar-refractivity contribution in [1.29, 1.82) is 0 Å². The molecule has 4 nitrogen and oxygen atoms in total. The Hall–Kier alpha value is -0.160. The number of unbranched alkanes of at least 4 members (excludes halogenated alkanes) is 6. The molecule has 0 radical (unpaired) electrons. The summed E-state index contributed by atoms with van der Waals surface area (Å²) in [5.41, 5.74) is 0. The molecule has 0 aromatic carbocycles. The molecular formula is C15H31NO3. The molecule has 114 valence electrons. The van der Waals surface area contributed by atoms with Gasteiger partial charge in [0.05, 0.1) is 12.2 Å². The van der Waals surface area contributed by atoms with Crippen LogP contribution in [-0.2, 0) is 0 Å². The molecule has 1 rings (SSSR count). The Labute approximate surface area is 117 Å². The van der Waals surface area contributed by atoms with Gasteiger partial charge in [0.15, 0.2) is 0 Å². The fourth-order valence-electron chi connectivity index (χ4n) is 2.85. The maximum Gasteiger partial charge on any atom is 0.109 e. The van der Waals surface area contributed by atoms with Gasteiger partial charge in [-0.1, -0.05) is 51.9 Å². The maximum absolute atomic E-state index is 9.93. The fraction of sp³-hybridized carbons (Fsp3) is 1.00. The summed E-state index contributed by atoms with van der Waals surface area (Å²) in [4.78, 5) is 0. The van der Waals surface area contributed by atoms with Crippen molar-refractivity contribution in [3.05, 3.63) is 0 Å². The van der Waals surface area contributed by atoms with Crippen molar-refractivity contribution in [3.8, 4) is 0 Å². The van der Waals surface area contributed by atoms with E-state index in [9.17, 15) is 15.3 Å². The second kappa shape index (κ2) is 8.90. The Morgan fingerprint density at radius 2 is 1.37 bits per heavy atom. The first-order valence-corrected chi connectivity index (χ1v) is 7.88. The lowest BCUT2D eigenvalue weighted by Crippen LogP contribution is -2.63. The van der Waals surface area contributed by atoms with Gasteiger partial charge in [-0.05, 0) is 13.3 Å². The van der Waals surface area contributed by atoms with E-state index >= 15 is 0 Å². The summed E-state index contributed by atoms with van der Waals surface area (Å²) >= 11 is 0. The van der Waals surface area contributed by atoms with Gasteiger partial charge in [0, 0.05) is 12.1 Å². The molecule has 4 N–H and O–H groups in total. The zero-order valence-corrected chi connectivity index (χ0v) is 12.4. The van der Waals surface area contributed by atoms with Crippen LogP contribution in [0.15, 0.2) is 0 Å². The summed E-state index contributed by atoms with van der Waals surface area (Å²) in [7, 11) is 0. The predicted molar refractivity (Wildman–Crippen MR) is 77.0 cm³/mol. The highest BCUT2D eigenvalue weighted by molar-refractivity contribution is 4.96. The smallest absolute Gasteiger partial charge is 0.109 e. The first-order chi connectivity index (χ1) is 9.07. The topological polar surface area (TPSA) is 72.7 Å². The van der Waals surface area contributed by atoms with Gasteiger partial charge >= 0.3 is 0 Å². The number of rotatable bonds is 8. The first-order valence-electron chi connectivity index (χ1n) is 7.88. The van der Waals surface area contributed by atoms with Crippen molar-refractivity contribution in [2.24, 2.45) is 0 Å². The van der Waals surface area contributed by atoms with Gasteiger partial charge in [0.1, 0.15) is 6.10 Å². The van der Waals surface area contributed by atoms with Crippen LogP contribution < -0.4 is 5.32 Å². The second-order valence-corrected chi connectivity index (χ2v) is 5.94. The Kier molecular flexibility index (Phi) is 7.91. The molecular weight excluding hydrogens is 242 g/mol. The van der Waals surface area contributed by atoms with Crippen molar-refractivity contribution < 1.29 is 15.3 Å². The molecule has 1 fully saturated rings. The van der Waals surface area contributed by atoms with Crippen molar-refractivity contribution in [3.63, 3.8) is 0 Å². The van der Waals surface area contributed by atoms with Crippen molar-refractivity contribution in [1.82, 2.24) is 5.32 Å². The lowest BCUT2D eigenvalue weighted by atomic mass is 9.88. The lowest BCUT2D eigenvalue weighted by Gasteiger charge is -2.40. The molecule has 0 bridgehead atoms. The highest BCUT2D eigenvalue weighted by atomic mass is 16.4. The average Bonchev–Trinajstić information content (AvgIpc) is 2.41. The third-order valence-corrected chi connectivity index (χ3v) is 4.22. The summed E-state index contributed by atoms with van der Waals surface area (Å²) < 4.78 is 0. The van der Waals surface area contributed by atoms with E-state index in [-0.39, 0.29) is 12.1 Å². The third-order valence-electron chi connectivity index (χ3n) is 4.22. The largest absolute Gasteiger partial charge is 0.389 e. The van der Waals surface area contributed by atoms with Crippen LogP contribution >= 0.6 is 0 Å². The average molecular weight is 273 g/mol. The molecule has 1 aliphatic heterocycles. The SMILES string of the molecule is CCCCCCCCCC1N[C@H](C)[C@H](O)[C@H](O)[C@H]1O. The summed E-state index contributed by atoms with van der Waals surface area (Å²) in [6.45, 7) is 4.06. The number of nitrogens with one attached hydrogen (secondary N) is 1. The van der Waals surface area contributed by atoms with E-state index in [1.54, 1.807) is 0 Å². The molecule has 4 heteroatoms. The molecule has 0 saturated carbocycles. The van der Waals surface area contributed by atoms with Gasteiger partial charge < -0.3 is 20.6 Å². The van der Waals surface area contributed by atoms with Crippen LogP contribution in [0.3, 0.4) is 0 Å². The number of piperidine rings is 1. The molecule has 0 aromatic heterocycles. The summed E-state index contributed by atoms with van der Waals surface area (Å²) in [5.74, 6) is 0. The number of hydrogen-bond acceptors (Lipinski definition) is 4. The molecule has 0 amide bonds. The molecule has 5 atom stereocenters. The standard InChI is InChI=1S/C15H31NO3/c1-3-4-5-6-7-8-9-10-12-14(18)15(19)13(17)11(2)16-12/h11-19H,3-10H2,1-2H3/t11-,12?,13+,14+,15+/m1/s1. The Bertz CT molecular complexity index is 237. The number of hydrogen-bond donors (Lipinski definition) is 4. The van der Waals surface area contributed by atoms with Gasteiger partial charge in [-0.15, -0.1) is 0 Å². The Morgan fingerprint density at radius 1 is 0.789 bits per heavy atom. The zero-order chi connectivity index (χ0) is 14.3. The van der Waals surface area contributed by atoms with E-state index in [0.29, 0.717) is 0 Å². The fourth-order valence-corrected chi connectivity index (χ4v) is 2.85. The van der Waals surface area contributed by atoms with E-state index in [2.05, 4.69) is 12.2 Å². The second-order valence-electron chi connectivity index (χ2n) is 5.94. The number of aliphatic hydroxyl groups is 3. The van der Waals surface area contributed by atoms with Gasteiger partial charge in [0.2, 0.25) is 0 Å². The normalized spacial score (nSPS) is 35.5. The molecule has 0 aliphatic carbocycles. The highest BCUT2D eigenvalue weighted by Crippen LogP contribution is 2.19. The van der Waals surface area contributed by atoms with E-state index in [1.807, 2.05) is 6.92 Å². The number of aliphatic hydroxyl groups excluding tert-OH is 3. The summed E-state index contributed by atoms with van der Waals surface area (Å²) in [5, 5.41) is 32.5. The predicted octanol–water partition coefficient (Wildman–Crippen LogP) is 1.57. The molecule has 1 saturated heterocycles. The molecule has 1 unspecified atom stereocenters. The van der Waals surface area contributed by atoms with Crippen LogP contribution in [-0.4, -0.2) is 45.7 Å². The quantitative estimate of drug-likeness (QED) is 0.507. The van der Waals surface area contributed by atoms with Gasteiger partial charge in [0.25, 0.3) is 0 Å².